The molecule has 134 valence electrons. The van der Waals surface area contributed by atoms with Crippen LogP contribution in [0.5, 0.6) is 0 Å². The first-order chi connectivity index (χ1) is 11.8. The molecule has 1 aliphatic heterocycles. The molecule has 2 rings (SSSR count). The van der Waals surface area contributed by atoms with Crippen molar-refractivity contribution < 1.29 is 19.2 Å². The molecular weight excluding hydrogens is 324 g/mol. The van der Waals surface area contributed by atoms with Gasteiger partial charge in [-0.05, 0) is 30.7 Å². The molecule has 1 unspecified atom stereocenters. The Bertz CT molecular complexity index is 684. The zero-order valence-corrected chi connectivity index (χ0v) is 14.5. The predicted molar refractivity (Wildman–Crippen MR) is 92.0 cm³/mol. The van der Waals surface area contributed by atoms with Crippen LogP contribution >= 0.6 is 0 Å². The summed E-state index contributed by atoms with van der Waals surface area (Å²) in [5, 5.41) is 5.18. The molecule has 0 radical (unpaired) electrons. The number of nitrogens with zero attached hydrogens (tertiary/aromatic N) is 2. The molecule has 1 aliphatic rings. The van der Waals surface area contributed by atoms with Crippen molar-refractivity contribution in [1.82, 2.24) is 15.1 Å². The average Bonchev–Trinajstić information content (AvgIpc) is 2.83. The Labute approximate surface area is 146 Å². The van der Waals surface area contributed by atoms with Gasteiger partial charge in [0.1, 0.15) is 12.6 Å². The van der Waals surface area contributed by atoms with Crippen molar-refractivity contribution in [2.75, 3.05) is 26.0 Å². The fourth-order valence-corrected chi connectivity index (χ4v) is 2.51. The number of benzene rings is 1. The lowest BCUT2D eigenvalue weighted by molar-refractivity contribution is -0.130. The highest BCUT2D eigenvalue weighted by Crippen LogP contribution is 2.13. The molecule has 8 heteroatoms. The molecule has 5 amide bonds. The Morgan fingerprint density at radius 2 is 1.84 bits per heavy atom. The number of urea groups is 1. The van der Waals surface area contributed by atoms with Gasteiger partial charge in [-0.15, -0.1) is 0 Å². The molecule has 0 aliphatic carbocycles. The minimum absolute atomic E-state index is 0.140. The lowest BCUT2D eigenvalue weighted by Crippen LogP contribution is -2.38. The third-order valence-corrected chi connectivity index (χ3v) is 3.81. The molecule has 0 spiro atoms. The van der Waals surface area contributed by atoms with Gasteiger partial charge >= 0.3 is 6.03 Å². The van der Waals surface area contributed by atoms with Crippen LogP contribution in [0.3, 0.4) is 0 Å². The molecule has 1 fully saturated rings. The van der Waals surface area contributed by atoms with Crippen molar-refractivity contribution in [3.63, 3.8) is 0 Å². The maximum atomic E-state index is 12.1. The standard InChI is InChI=1S/C17H22N4O4/c1-4-5-13-16(24)21(17(25)19-13)10-14(22)18-12-8-6-11(7-9-12)15(23)20(2)3/h6-9,13H,4-5,10H2,1-3H3,(H,18,22)(H,19,25). The number of carbonyl (C=O) groups is 4. The van der Waals surface area contributed by atoms with Crippen LogP contribution in [0, 0.1) is 0 Å². The van der Waals surface area contributed by atoms with E-state index in [1.807, 2.05) is 6.92 Å². The van der Waals surface area contributed by atoms with Crippen molar-refractivity contribution in [3.05, 3.63) is 29.8 Å². The van der Waals surface area contributed by atoms with Crippen LogP contribution < -0.4 is 10.6 Å². The Kier molecular flexibility index (Phi) is 5.74. The summed E-state index contributed by atoms with van der Waals surface area (Å²) in [6.45, 7) is 1.57. The van der Waals surface area contributed by atoms with E-state index in [9.17, 15) is 19.2 Å². The summed E-state index contributed by atoms with van der Waals surface area (Å²) in [4.78, 5) is 50.2. The minimum atomic E-state index is -0.554. The number of imide groups is 1. The third-order valence-electron chi connectivity index (χ3n) is 3.81. The number of amides is 5. The molecule has 0 aromatic heterocycles. The second kappa shape index (κ2) is 7.78. The zero-order chi connectivity index (χ0) is 18.6. The Balaban J connectivity index is 1.95. The Hall–Kier alpha value is -2.90. The SMILES string of the molecule is CCCC1NC(=O)N(CC(=O)Nc2ccc(C(=O)N(C)C)cc2)C1=O. The third kappa shape index (κ3) is 4.34. The van der Waals surface area contributed by atoms with Gasteiger partial charge < -0.3 is 15.5 Å². The van der Waals surface area contributed by atoms with E-state index in [0.29, 0.717) is 17.7 Å². The largest absolute Gasteiger partial charge is 0.345 e. The Morgan fingerprint density at radius 3 is 2.40 bits per heavy atom. The van der Waals surface area contributed by atoms with Crippen molar-refractivity contribution in [3.8, 4) is 0 Å². The molecule has 1 saturated heterocycles. The summed E-state index contributed by atoms with van der Waals surface area (Å²) in [7, 11) is 3.31. The van der Waals surface area contributed by atoms with E-state index in [4.69, 9.17) is 0 Å². The van der Waals surface area contributed by atoms with Crippen LogP contribution in [0.25, 0.3) is 0 Å². The first-order valence-electron chi connectivity index (χ1n) is 8.07. The van der Waals surface area contributed by atoms with Gasteiger partial charge in [-0.25, -0.2) is 4.79 Å². The van der Waals surface area contributed by atoms with E-state index in [1.165, 1.54) is 4.90 Å². The molecule has 25 heavy (non-hydrogen) atoms. The zero-order valence-electron chi connectivity index (χ0n) is 14.5. The van der Waals surface area contributed by atoms with Gasteiger partial charge in [0.15, 0.2) is 0 Å². The van der Waals surface area contributed by atoms with Crippen molar-refractivity contribution in [2.24, 2.45) is 0 Å². The number of carbonyl (C=O) groups excluding carboxylic acids is 4. The molecule has 0 saturated carbocycles. The average molecular weight is 346 g/mol. The second-order valence-electron chi connectivity index (χ2n) is 6.04. The summed E-state index contributed by atoms with van der Waals surface area (Å²) < 4.78 is 0. The van der Waals surface area contributed by atoms with Crippen LogP contribution in [0.2, 0.25) is 0 Å². The topological polar surface area (TPSA) is 98.8 Å². The van der Waals surface area contributed by atoms with E-state index in [0.717, 1.165) is 11.3 Å². The lowest BCUT2D eigenvalue weighted by atomic mass is 10.1. The predicted octanol–water partition coefficient (Wildman–Crippen LogP) is 1.05. The fourth-order valence-electron chi connectivity index (χ4n) is 2.51. The number of hydrogen-bond acceptors (Lipinski definition) is 4. The van der Waals surface area contributed by atoms with E-state index < -0.39 is 18.0 Å². The Morgan fingerprint density at radius 1 is 1.20 bits per heavy atom. The van der Waals surface area contributed by atoms with Gasteiger partial charge in [-0.2, -0.15) is 0 Å². The summed E-state index contributed by atoms with van der Waals surface area (Å²) in [5.41, 5.74) is 0.983. The molecule has 0 bridgehead atoms. The van der Waals surface area contributed by atoms with Gasteiger partial charge in [-0.1, -0.05) is 13.3 Å². The summed E-state index contributed by atoms with van der Waals surface area (Å²) >= 11 is 0. The normalized spacial score (nSPS) is 16.6. The number of anilines is 1. The van der Waals surface area contributed by atoms with Crippen LogP contribution in [-0.2, 0) is 9.59 Å². The first kappa shape index (κ1) is 18.4. The van der Waals surface area contributed by atoms with Crippen molar-refractivity contribution in [2.45, 2.75) is 25.8 Å². The van der Waals surface area contributed by atoms with Crippen LogP contribution in [0.1, 0.15) is 30.1 Å². The van der Waals surface area contributed by atoms with E-state index in [2.05, 4.69) is 10.6 Å². The summed E-state index contributed by atoms with van der Waals surface area (Å²) in [5.74, 6) is -1.000. The monoisotopic (exact) mass is 346 g/mol. The van der Waals surface area contributed by atoms with Crippen LogP contribution in [0.4, 0.5) is 10.5 Å². The molecule has 1 aromatic rings. The van der Waals surface area contributed by atoms with E-state index in [-0.39, 0.29) is 18.4 Å². The highest BCUT2D eigenvalue weighted by molar-refractivity contribution is 6.08. The van der Waals surface area contributed by atoms with Gasteiger partial charge in [-0.3, -0.25) is 19.3 Å². The maximum absolute atomic E-state index is 12.1. The van der Waals surface area contributed by atoms with Crippen molar-refractivity contribution in [1.29, 1.82) is 0 Å². The fraction of sp³-hybridized carbons (Fsp3) is 0.412. The highest BCUT2D eigenvalue weighted by Gasteiger charge is 2.38. The molecule has 1 atom stereocenters. The van der Waals surface area contributed by atoms with Gasteiger partial charge in [0.25, 0.3) is 11.8 Å². The number of nitrogens with one attached hydrogen (secondary N) is 2. The molecular formula is C17H22N4O4. The van der Waals surface area contributed by atoms with E-state index >= 15 is 0 Å². The molecule has 2 N–H and O–H groups in total. The molecule has 1 heterocycles. The lowest BCUT2D eigenvalue weighted by Gasteiger charge is -2.13. The summed E-state index contributed by atoms with van der Waals surface area (Å²) in [6, 6.07) is 5.29. The van der Waals surface area contributed by atoms with Gasteiger partial charge in [0, 0.05) is 25.3 Å². The maximum Gasteiger partial charge on any atom is 0.325 e. The van der Waals surface area contributed by atoms with Gasteiger partial charge in [0.2, 0.25) is 5.91 Å². The number of rotatable bonds is 6. The van der Waals surface area contributed by atoms with E-state index in [1.54, 1.807) is 38.4 Å². The highest BCUT2D eigenvalue weighted by atomic mass is 16.2. The quantitative estimate of drug-likeness (QED) is 0.752. The first-order valence-corrected chi connectivity index (χ1v) is 8.07. The number of hydrogen-bond donors (Lipinski definition) is 2. The summed E-state index contributed by atoms with van der Waals surface area (Å²) in [6.07, 6.45) is 1.30. The van der Waals surface area contributed by atoms with Crippen LogP contribution in [-0.4, -0.2) is 60.2 Å². The molecule has 8 nitrogen and oxygen atoms in total. The minimum Gasteiger partial charge on any atom is -0.345 e. The molecule has 1 aromatic carbocycles. The smallest absolute Gasteiger partial charge is 0.325 e. The second-order valence-corrected chi connectivity index (χ2v) is 6.04. The van der Waals surface area contributed by atoms with Gasteiger partial charge in [0.05, 0.1) is 0 Å². The van der Waals surface area contributed by atoms with Crippen molar-refractivity contribution >= 4 is 29.4 Å². The van der Waals surface area contributed by atoms with Crippen LogP contribution in [0.15, 0.2) is 24.3 Å².